The second kappa shape index (κ2) is 4.51. The SMILES string of the molecule is NOc1ccccc1O.[Pb]. The van der Waals surface area contributed by atoms with Gasteiger partial charge in [0.15, 0.2) is 11.5 Å². The first-order valence-corrected chi connectivity index (χ1v) is 2.49. The van der Waals surface area contributed by atoms with Crippen LogP contribution in [0.15, 0.2) is 24.3 Å². The molecule has 0 aromatic heterocycles. The van der Waals surface area contributed by atoms with Crippen molar-refractivity contribution in [2.24, 2.45) is 5.90 Å². The summed E-state index contributed by atoms with van der Waals surface area (Å²) in [5.74, 6) is 5.14. The standard InChI is InChI=1S/C6H7NO2.Pb/c7-9-6-4-2-1-3-5(6)8;/h1-4,8H,7H2;. The monoisotopic (exact) mass is 333 g/mol. The van der Waals surface area contributed by atoms with Gasteiger partial charge < -0.3 is 9.94 Å². The molecule has 0 spiro atoms. The van der Waals surface area contributed by atoms with Crippen molar-refractivity contribution in [1.29, 1.82) is 0 Å². The minimum atomic E-state index is 0. The minimum absolute atomic E-state index is 0. The summed E-state index contributed by atoms with van der Waals surface area (Å²) in [7, 11) is 0. The summed E-state index contributed by atoms with van der Waals surface area (Å²) in [4.78, 5) is 4.29. The molecule has 3 N–H and O–H groups in total. The molecule has 0 saturated heterocycles. The zero-order valence-corrected chi connectivity index (χ0v) is 9.13. The van der Waals surface area contributed by atoms with E-state index >= 15 is 0 Å². The van der Waals surface area contributed by atoms with Crippen LogP contribution < -0.4 is 10.7 Å². The topological polar surface area (TPSA) is 55.5 Å². The van der Waals surface area contributed by atoms with Crippen molar-refractivity contribution in [3.05, 3.63) is 24.3 Å². The van der Waals surface area contributed by atoms with Crippen LogP contribution >= 0.6 is 0 Å². The Morgan fingerprint density at radius 3 is 2.30 bits per heavy atom. The summed E-state index contributed by atoms with van der Waals surface area (Å²) < 4.78 is 0. The largest absolute Gasteiger partial charge is 0.504 e. The molecular weight excluding hydrogens is 325 g/mol. The van der Waals surface area contributed by atoms with E-state index in [-0.39, 0.29) is 38.8 Å². The predicted molar refractivity (Wildman–Crippen MR) is 38.7 cm³/mol. The Labute approximate surface area is 78.9 Å². The minimum Gasteiger partial charge on any atom is -0.504 e. The molecule has 0 aliphatic heterocycles. The van der Waals surface area contributed by atoms with Gasteiger partial charge in [0, 0.05) is 27.3 Å². The molecule has 4 radical (unpaired) electrons. The Hall–Kier alpha value is -0.298. The Balaban J connectivity index is 0.000000810. The van der Waals surface area contributed by atoms with E-state index in [1.807, 2.05) is 0 Å². The van der Waals surface area contributed by atoms with Crippen LogP contribution in [-0.2, 0) is 0 Å². The van der Waals surface area contributed by atoms with Crippen LogP contribution in [0.4, 0.5) is 0 Å². The van der Waals surface area contributed by atoms with Crippen LogP contribution in [0.25, 0.3) is 0 Å². The molecule has 0 aliphatic carbocycles. The Kier molecular flexibility index (Phi) is 4.37. The maximum atomic E-state index is 8.91. The second-order valence-corrected chi connectivity index (χ2v) is 1.59. The number of rotatable bonds is 1. The van der Waals surface area contributed by atoms with Gasteiger partial charge >= 0.3 is 0 Å². The molecule has 0 heterocycles. The number of phenols is 1. The average molecular weight is 332 g/mol. The molecule has 1 rings (SSSR count). The first-order valence-electron chi connectivity index (χ1n) is 2.49. The van der Waals surface area contributed by atoms with E-state index in [9.17, 15) is 0 Å². The van der Waals surface area contributed by atoms with Crippen molar-refractivity contribution in [3.63, 3.8) is 0 Å². The fourth-order valence-electron chi connectivity index (χ4n) is 0.557. The van der Waals surface area contributed by atoms with Crippen LogP contribution in [0.5, 0.6) is 11.5 Å². The summed E-state index contributed by atoms with van der Waals surface area (Å²) in [6, 6.07) is 6.50. The van der Waals surface area contributed by atoms with Gasteiger partial charge in [-0.15, -0.1) is 0 Å². The third-order valence-electron chi connectivity index (χ3n) is 0.992. The van der Waals surface area contributed by atoms with E-state index in [2.05, 4.69) is 4.84 Å². The third-order valence-corrected chi connectivity index (χ3v) is 0.992. The number of phenolic OH excluding ortho intramolecular Hbond substituents is 1. The number of para-hydroxylation sites is 2. The van der Waals surface area contributed by atoms with Crippen molar-refractivity contribution in [1.82, 2.24) is 0 Å². The summed E-state index contributed by atoms with van der Waals surface area (Å²) in [5.41, 5.74) is 0. The average Bonchev–Trinajstić information content (AvgIpc) is 1.89. The van der Waals surface area contributed by atoms with Gasteiger partial charge in [0.05, 0.1) is 0 Å². The van der Waals surface area contributed by atoms with Gasteiger partial charge in [-0.3, -0.25) is 0 Å². The number of aromatic hydroxyl groups is 1. The second-order valence-electron chi connectivity index (χ2n) is 1.59. The number of nitrogens with two attached hydrogens (primary N) is 1. The van der Waals surface area contributed by atoms with Crippen molar-refractivity contribution >= 4 is 27.3 Å². The summed E-state index contributed by atoms with van der Waals surface area (Å²) in [6.07, 6.45) is 0. The molecule has 3 nitrogen and oxygen atoms in total. The van der Waals surface area contributed by atoms with Gasteiger partial charge in [-0.05, 0) is 12.1 Å². The zero-order chi connectivity index (χ0) is 6.69. The molecule has 0 atom stereocenters. The molecule has 0 unspecified atom stereocenters. The van der Waals surface area contributed by atoms with Crippen LogP contribution in [0.2, 0.25) is 0 Å². The molecule has 1 aromatic carbocycles. The van der Waals surface area contributed by atoms with Gasteiger partial charge in [0.25, 0.3) is 0 Å². The molecule has 52 valence electrons. The first-order chi connectivity index (χ1) is 4.34. The Bertz CT molecular complexity index is 205. The number of hydrogen-bond acceptors (Lipinski definition) is 3. The zero-order valence-electron chi connectivity index (χ0n) is 5.24. The molecule has 0 saturated carbocycles. The van der Waals surface area contributed by atoms with Crippen LogP contribution in [0.1, 0.15) is 0 Å². The predicted octanol–water partition coefficient (Wildman–Crippen LogP) is 0.264. The molecule has 10 heavy (non-hydrogen) atoms. The fraction of sp³-hybridized carbons (Fsp3) is 0. The van der Waals surface area contributed by atoms with Crippen LogP contribution in [0, 0.1) is 0 Å². The molecule has 0 fully saturated rings. The molecule has 4 heteroatoms. The maximum absolute atomic E-state index is 8.91. The summed E-state index contributed by atoms with van der Waals surface area (Å²) in [6.45, 7) is 0. The van der Waals surface area contributed by atoms with Gasteiger partial charge in [-0.2, -0.15) is 5.90 Å². The van der Waals surface area contributed by atoms with Gasteiger partial charge in [-0.1, -0.05) is 12.1 Å². The molecule has 0 amide bonds. The summed E-state index contributed by atoms with van der Waals surface area (Å²) >= 11 is 0. The van der Waals surface area contributed by atoms with E-state index < -0.39 is 0 Å². The van der Waals surface area contributed by atoms with Gasteiger partial charge in [0.2, 0.25) is 0 Å². The van der Waals surface area contributed by atoms with Crippen molar-refractivity contribution in [2.45, 2.75) is 0 Å². The smallest absolute Gasteiger partial charge is 0.188 e. The maximum Gasteiger partial charge on any atom is 0.188 e. The summed E-state index contributed by atoms with van der Waals surface area (Å²) in [5, 5.41) is 8.91. The normalized spacial score (nSPS) is 8.10. The first kappa shape index (κ1) is 9.70. The van der Waals surface area contributed by atoms with E-state index in [1.165, 1.54) is 6.07 Å². The van der Waals surface area contributed by atoms with E-state index in [4.69, 9.17) is 11.0 Å². The quantitative estimate of drug-likeness (QED) is 0.573. The molecular formula is C6H7NO2Pb. The fourth-order valence-corrected chi connectivity index (χ4v) is 0.557. The Morgan fingerprint density at radius 1 is 1.30 bits per heavy atom. The Morgan fingerprint density at radius 2 is 1.90 bits per heavy atom. The molecule has 1 aromatic rings. The molecule has 0 bridgehead atoms. The molecule has 0 aliphatic rings. The third kappa shape index (κ3) is 2.14. The van der Waals surface area contributed by atoms with E-state index in [0.29, 0.717) is 0 Å². The van der Waals surface area contributed by atoms with E-state index in [1.54, 1.807) is 18.2 Å². The van der Waals surface area contributed by atoms with Crippen molar-refractivity contribution in [3.8, 4) is 11.5 Å². The van der Waals surface area contributed by atoms with Gasteiger partial charge in [-0.25, -0.2) is 0 Å². The van der Waals surface area contributed by atoms with Crippen LogP contribution in [0.3, 0.4) is 0 Å². The van der Waals surface area contributed by atoms with Crippen molar-refractivity contribution < 1.29 is 9.94 Å². The number of benzene rings is 1. The van der Waals surface area contributed by atoms with Crippen LogP contribution in [-0.4, -0.2) is 32.4 Å². The van der Waals surface area contributed by atoms with Gasteiger partial charge in [0.1, 0.15) is 0 Å². The van der Waals surface area contributed by atoms with Crippen molar-refractivity contribution in [2.75, 3.05) is 0 Å². The van der Waals surface area contributed by atoms with E-state index in [0.717, 1.165) is 0 Å². The number of hydrogen-bond donors (Lipinski definition) is 2.